The van der Waals surface area contributed by atoms with Gasteiger partial charge in [-0.3, -0.25) is 9.36 Å². The van der Waals surface area contributed by atoms with Gasteiger partial charge in [-0.1, -0.05) is 41.7 Å². The summed E-state index contributed by atoms with van der Waals surface area (Å²) in [6.45, 7) is 1.91. The molecule has 8 nitrogen and oxygen atoms in total. The summed E-state index contributed by atoms with van der Waals surface area (Å²) in [5.41, 5.74) is 2.52. The Hall–Kier alpha value is -4.37. The molecule has 4 aromatic rings. The van der Waals surface area contributed by atoms with Gasteiger partial charge < -0.3 is 19.2 Å². The van der Waals surface area contributed by atoms with Crippen LogP contribution in [0.5, 0.6) is 11.5 Å². The Kier molecular flexibility index (Phi) is 6.78. The number of esters is 1. The predicted octanol–water partition coefficient (Wildman–Crippen LogP) is 3.28. The van der Waals surface area contributed by atoms with Gasteiger partial charge in [0.1, 0.15) is 17.5 Å². The van der Waals surface area contributed by atoms with Crippen molar-refractivity contribution in [2.75, 3.05) is 20.8 Å². The third-order valence-electron chi connectivity index (χ3n) is 6.01. The number of rotatable bonds is 7. The summed E-state index contributed by atoms with van der Waals surface area (Å²) < 4.78 is 18.7. The minimum atomic E-state index is -0.860. The number of hydrogen-bond donors (Lipinski definition) is 1. The highest BCUT2D eigenvalue weighted by Crippen LogP contribution is 2.40. The van der Waals surface area contributed by atoms with Crippen LogP contribution in [0.2, 0.25) is 0 Å². The highest BCUT2D eigenvalue weighted by Gasteiger charge is 2.37. The SMILES string of the molecule is CCOC(=O)C1=C(c2ccccc2)N=c2s/c(=C\c3ccc[nH]3)c(=O)n2C1c1cc(OC)ccc1OC. The molecule has 2 aromatic heterocycles. The molecule has 0 fully saturated rings. The maximum absolute atomic E-state index is 13.9. The van der Waals surface area contributed by atoms with Crippen LogP contribution >= 0.6 is 11.3 Å². The fourth-order valence-corrected chi connectivity index (χ4v) is 5.35. The molecule has 1 unspecified atom stereocenters. The van der Waals surface area contributed by atoms with Gasteiger partial charge in [-0.25, -0.2) is 9.79 Å². The van der Waals surface area contributed by atoms with E-state index in [1.165, 1.54) is 15.9 Å². The summed E-state index contributed by atoms with van der Waals surface area (Å²) in [6.07, 6.45) is 3.57. The van der Waals surface area contributed by atoms with E-state index < -0.39 is 12.0 Å². The molecular formula is C28H25N3O5S. The number of fused-ring (bicyclic) bond motifs is 1. The predicted molar refractivity (Wildman–Crippen MR) is 141 cm³/mol. The number of H-pyrrole nitrogens is 1. The highest BCUT2D eigenvalue weighted by atomic mass is 32.1. The van der Waals surface area contributed by atoms with E-state index in [1.54, 1.807) is 51.6 Å². The van der Waals surface area contributed by atoms with Gasteiger partial charge in [-0.15, -0.1) is 0 Å². The molecule has 0 spiro atoms. The minimum Gasteiger partial charge on any atom is -0.497 e. The van der Waals surface area contributed by atoms with E-state index in [2.05, 4.69) is 4.98 Å². The second kappa shape index (κ2) is 10.3. The lowest BCUT2D eigenvalue weighted by Gasteiger charge is -2.27. The lowest BCUT2D eigenvalue weighted by molar-refractivity contribution is -0.138. The van der Waals surface area contributed by atoms with Crippen LogP contribution in [0.1, 0.15) is 29.8 Å². The molecule has 2 aromatic carbocycles. The van der Waals surface area contributed by atoms with Gasteiger partial charge in [-0.2, -0.15) is 0 Å². The van der Waals surface area contributed by atoms with Crippen LogP contribution in [0.4, 0.5) is 0 Å². The van der Waals surface area contributed by atoms with Crippen molar-refractivity contribution in [2.45, 2.75) is 13.0 Å². The second-order valence-electron chi connectivity index (χ2n) is 8.16. The van der Waals surface area contributed by atoms with Crippen molar-refractivity contribution in [3.63, 3.8) is 0 Å². The molecule has 0 radical (unpaired) electrons. The summed E-state index contributed by atoms with van der Waals surface area (Å²) in [6, 6.07) is 17.6. The summed E-state index contributed by atoms with van der Waals surface area (Å²) in [5, 5.41) is 0. The van der Waals surface area contributed by atoms with Crippen LogP contribution in [-0.2, 0) is 9.53 Å². The molecule has 188 valence electrons. The molecule has 5 rings (SSSR count). The van der Waals surface area contributed by atoms with Crippen LogP contribution in [0.3, 0.4) is 0 Å². The molecule has 1 aliphatic rings. The number of aromatic nitrogens is 2. The van der Waals surface area contributed by atoms with Crippen molar-refractivity contribution >= 4 is 29.1 Å². The van der Waals surface area contributed by atoms with Gasteiger partial charge in [0, 0.05) is 23.0 Å². The van der Waals surface area contributed by atoms with E-state index in [9.17, 15) is 9.59 Å². The van der Waals surface area contributed by atoms with Gasteiger partial charge in [0.25, 0.3) is 5.56 Å². The zero-order valence-corrected chi connectivity index (χ0v) is 21.4. The Morgan fingerprint density at radius 1 is 1.11 bits per heavy atom. The molecule has 0 amide bonds. The van der Waals surface area contributed by atoms with Crippen LogP contribution < -0.4 is 24.4 Å². The molecule has 3 heterocycles. The third kappa shape index (κ3) is 4.49. The summed E-state index contributed by atoms with van der Waals surface area (Å²) in [5.74, 6) is 0.505. The molecule has 0 saturated carbocycles. The lowest BCUT2D eigenvalue weighted by atomic mass is 9.92. The average molecular weight is 516 g/mol. The summed E-state index contributed by atoms with van der Waals surface area (Å²) >= 11 is 1.26. The maximum Gasteiger partial charge on any atom is 0.338 e. The van der Waals surface area contributed by atoms with E-state index in [0.717, 1.165) is 11.3 Å². The summed E-state index contributed by atoms with van der Waals surface area (Å²) in [7, 11) is 3.11. The van der Waals surface area contributed by atoms with Crippen molar-refractivity contribution in [1.82, 2.24) is 9.55 Å². The van der Waals surface area contributed by atoms with Gasteiger partial charge in [0.05, 0.1) is 36.6 Å². The normalized spacial score (nSPS) is 15.2. The fourth-order valence-electron chi connectivity index (χ4n) is 4.36. The van der Waals surface area contributed by atoms with Crippen LogP contribution in [0.25, 0.3) is 11.8 Å². The number of hydrogen-bond acceptors (Lipinski definition) is 7. The van der Waals surface area contributed by atoms with E-state index in [4.69, 9.17) is 19.2 Å². The Morgan fingerprint density at radius 3 is 2.59 bits per heavy atom. The second-order valence-corrected chi connectivity index (χ2v) is 9.17. The smallest absolute Gasteiger partial charge is 0.338 e. The van der Waals surface area contributed by atoms with Crippen molar-refractivity contribution in [3.8, 4) is 11.5 Å². The van der Waals surface area contributed by atoms with Gasteiger partial charge in [0.2, 0.25) is 0 Å². The molecule has 0 saturated heterocycles. The molecule has 0 aliphatic carbocycles. The number of ether oxygens (including phenoxy) is 3. The number of thiazole rings is 1. The molecule has 1 N–H and O–H groups in total. The number of benzene rings is 2. The van der Waals surface area contributed by atoms with Gasteiger partial charge in [-0.05, 0) is 43.3 Å². The number of nitrogens with one attached hydrogen (secondary N) is 1. The van der Waals surface area contributed by atoms with E-state index in [0.29, 0.717) is 32.1 Å². The lowest BCUT2D eigenvalue weighted by Crippen LogP contribution is -2.40. The van der Waals surface area contributed by atoms with Gasteiger partial charge in [0.15, 0.2) is 4.80 Å². The Bertz CT molecular complexity index is 1650. The number of methoxy groups -OCH3 is 2. The van der Waals surface area contributed by atoms with Crippen molar-refractivity contribution < 1.29 is 19.0 Å². The topological polar surface area (TPSA) is 94.9 Å². The first-order valence-electron chi connectivity index (χ1n) is 11.7. The third-order valence-corrected chi connectivity index (χ3v) is 7.00. The average Bonchev–Trinajstić information content (AvgIpc) is 3.55. The first kappa shape index (κ1) is 24.3. The van der Waals surface area contributed by atoms with E-state index in [1.807, 2.05) is 42.5 Å². The Morgan fingerprint density at radius 2 is 1.92 bits per heavy atom. The minimum absolute atomic E-state index is 0.170. The molecular weight excluding hydrogens is 490 g/mol. The Balaban J connectivity index is 1.89. The highest BCUT2D eigenvalue weighted by molar-refractivity contribution is 7.07. The number of carbonyl (C=O) groups excluding carboxylic acids is 1. The number of aromatic amines is 1. The van der Waals surface area contributed by atoms with Crippen molar-refractivity contribution in [1.29, 1.82) is 0 Å². The standard InChI is InChI=1S/C28H25N3O5S/c1-4-36-27(33)23-24(17-9-6-5-7-10-17)30-28-31(26(32)22(37-28)15-18-11-8-14-29-18)25(23)20-16-19(34-2)12-13-21(20)35-3/h5-16,25,29H,4H2,1-3H3/b22-15-. The quantitative estimate of drug-likeness (QED) is 0.381. The molecule has 0 bridgehead atoms. The molecule has 37 heavy (non-hydrogen) atoms. The maximum atomic E-state index is 13.9. The van der Waals surface area contributed by atoms with E-state index >= 15 is 0 Å². The first-order valence-corrected chi connectivity index (χ1v) is 12.5. The van der Waals surface area contributed by atoms with Crippen LogP contribution in [-0.4, -0.2) is 36.3 Å². The van der Waals surface area contributed by atoms with Crippen molar-refractivity contribution in [2.24, 2.45) is 4.99 Å². The molecule has 9 heteroatoms. The van der Waals surface area contributed by atoms with Crippen LogP contribution in [0.15, 0.2) is 82.2 Å². The zero-order valence-electron chi connectivity index (χ0n) is 20.6. The number of nitrogens with zero attached hydrogens (tertiary/aromatic N) is 2. The number of carbonyl (C=O) groups is 1. The van der Waals surface area contributed by atoms with Crippen LogP contribution in [0, 0.1) is 0 Å². The first-order chi connectivity index (χ1) is 18.0. The zero-order chi connectivity index (χ0) is 25.9. The Labute approximate surface area is 216 Å². The molecule has 1 atom stereocenters. The van der Waals surface area contributed by atoms with Gasteiger partial charge >= 0.3 is 5.97 Å². The monoisotopic (exact) mass is 515 g/mol. The summed E-state index contributed by atoms with van der Waals surface area (Å²) in [4.78, 5) is 35.8. The largest absolute Gasteiger partial charge is 0.497 e. The van der Waals surface area contributed by atoms with Crippen molar-refractivity contribution in [3.05, 3.63) is 109 Å². The van der Waals surface area contributed by atoms with E-state index in [-0.39, 0.29) is 17.7 Å². The molecule has 1 aliphatic heterocycles. The fraction of sp³-hybridized carbons (Fsp3) is 0.179.